The number of anilines is 1. The van der Waals surface area contributed by atoms with Gasteiger partial charge in [-0.3, -0.25) is 19.2 Å². The van der Waals surface area contributed by atoms with E-state index < -0.39 is 47.9 Å². The molecule has 0 heterocycles. The van der Waals surface area contributed by atoms with Crippen LogP contribution >= 0.6 is 0 Å². The normalized spacial score (nSPS) is 11.3. The highest BCUT2D eigenvalue weighted by molar-refractivity contribution is 6.07. The van der Waals surface area contributed by atoms with Gasteiger partial charge < -0.3 is 24.3 Å². The zero-order chi connectivity index (χ0) is 30.8. The lowest BCUT2D eigenvalue weighted by Gasteiger charge is -2.29. The van der Waals surface area contributed by atoms with Gasteiger partial charge in [-0.1, -0.05) is 54.6 Å². The Balaban J connectivity index is 1.71. The first kappa shape index (κ1) is 31.7. The molecule has 0 aliphatic carbocycles. The molecule has 9 nitrogen and oxygen atoms in total. The van der Waals surface area contributed by atoms with Crippen molar-refractivity contribution in [1.82, 2.24) is 0 Å². The van der Waals surface area contributed by atoms with Crippen LogP contribution in [-0.2, 0) is 40.4 Å². The number of carbonyl (C=O) groups is 4. The smallest absolute Gasteiger partial charge is 0.465 e. The van der Waals surface area contributed by atoms with Gasteiger partial charge in [0, 0.05) is 5.69 Å². The number of hydrogen-bond donors (Lipinski definition) is 1. The summed E-state index contributed by atoms with van der Waals surface area (Å²) in [6.45, 7) is 2.44. The van der Waals surface area contributed by atoms with E-state index in [1.807, 2.05) is 0 Å². The van der Waals surface area contributed by atoms with Gasteiger partial charge in [-0.25, -0.2) is 0 Å². The van der Waals surface area contributed by atoms with Gasteiger partial charge in [-0.2, -0.15) is 0 Å². The van der Waals surface area contributed by atoms with E-state index in [9.17, 15) is 32.3 Å². The Kier molecular flexibility index (Phi) is 10.7. The number of esters is 3. The van der Waals surface area contributed by atoms with Gasteiger partial charge >= 0.3 is 24.3 Å². The summed E-state index contributed by atoms with van der Waals surface area (Å²) in [6, 6.07) is 18.8. The molecule has 42 heavy (non-hydrogen) atoms. The summed E-state index contributed by atoms with van der Waals surface area (Å²) >= 11 is 0. The maximum Gasteiger partial charge on any atom is 0.573 e. The van der Waals surface area contributed by atoms with Crippen LogP contribution in [0.25, 0.3) is 0 Å². The lowest BCUT2D eigenvalue weighted by Crippen LogP contribution is -2.50. The molecule has 0 spiro atoms. The predicted molar refractivity (Wildman–Crippen MR) is 144 cm³/mol. The van der Waals surface area contributed by atoms with E-state index in [1.54, 1.807) is 32.0 Å². The van der Waals surface area contributed by atoms with Crippen molar-refractivity contribution in [3.63, 3.8) is 0 Å². The van der Waals surface area contributed by atoms with E-state index in [2.05, 4.69) is 10.1 Å². The van der Waals surface area contributed by atoms with Crippen LogP contribution in [0.15, 0.2) is 78.9 Å². The van der Waals surface area contributed by atoms with Crippen LogP contribution in [0, 0.1) is 0 Å². The Morgan fingerprint density at radius 3 is 1.88 bits per heavy atom. The molecule has 1 N–H and O–H groups in total. The third kappa shape index (κ3) is 8.09. The molecule has 0 atom stereocenters. The van der Waals surface area contributed by atoms with Crippen LogP contribution in [-0.4, -0.2) is 50.0 Å². The Hall–Kier alpha value is -4.87. The van der Waals surface area contributed by atoms with Crippen molar-refractivity contribution < 1.29 is 51.3 Å². The second kappa shape index (κ2) is 14.2. The lowest BCUT2D eigenvalue weighted by atomic mass is 9.81. The van der Waals surface area contributed by atoms with Gasteiger partial charge in [0.2, 0.25) is 5.41 Å². The molecule has 0 bridgehead atoms. The molecule has 3 rings (SSSR count). The quantitative estimate of drug-likeness (QED) is 0.179. The Morgan fingerprint density at radius 1 is 0.738 bits per heavy atom. The van der Waals surface area contributed by atoms with Crippen molar-refractivity contribution in [3.8, 4) is 5.75 Å². The third-order valence-electron chi connectivity index (χ3n) is 5.88. The van der Waals surface area contributed by atoms with Crippen LogP contribution in [0.2, 0.25) is 0 Å². The zero-order valence-corrected chi connectivity index (χ0v) is 22.7. The van der Waals surface area contributed by atoms with Gasteiger partial charge in [0.1, 0.15) is 12.4 Å². The summed E-state index contributed by atoms with van der Waals surface area (Å²) in [4.78, 5) is 51.4. The SMILES string of the molecule is CCOC(=O)C(COC(=O)Cc1ccc(NC(=O)c2ccccc2OC(F)(F)F)cc1)(C(=O)OCC)c1ccccc1. The molecule has 3 aromatic rings. The molecule has 0 aromatic heterocycles. The summed E-state index contributed by atoms with van der Waals surface area (Å²) in [5.41, 5.74) is -1.43. The number of nitrogens with one attached hydrogen (secondary N) is 1. The first-order valence-electron chi connectivity index (χ1n) is 12.8. The average molecular weight is 588 g/mol. The van der Waals surface area contributed by atoms with Crippen molar-refractivity contribution >= 4 is 29.5 Å². The predicted octanol–water partition coefficient (Wildman–Crippen LogP) is 4.99. The number of benzene rings is 3. The number of para-hydroxylation sites is 1. The van der Waals surface area contributed by atoms with Crippen LogP contribution in [0.3, 0.4) is 0 Å². The summed E-state index contributed by atoms with van der Waals surface area (Å²) in [7, 11) is 0. The average Bonchev–Trinajstić information content (AvgIpc) is 2.95. The van der Waals surface area contributed by atoms with Gasteiger partial charge in [0.25, 0.3) is 5.91 Å². The minimum atomic E-state index is -4.97. The highest BCUT2D eigenvalue weighted by atomic mass is 19.4. The Bertz CT molecular complexity index is 1370. The van der Waals surface area contributed by atoms with Crippen molar-refractivity contribution in [3.05, 3.63) is 95.6 Å². The standard InChI is InChI=1S/C30H28F3NO8/c1-3-39-27(37)29(28(38)40-4-2,21-10-6-5-7-11-21)19-41-25(35)18-20-14-16-22(17-15-20)34-26(36)23-12-8-9-13-24(23)42-30(31,32)33/h5-17H,3-4,18-19H2,1-2H3,(H,34,36). The van der Waals surface area contributed by atoms with Crippen molar-refractivity contribution in [2.45, 2.75) is 32.0 Å². The van der Waals surface area contributed by atoms with Gasteiger partial charge in [-0.15, -0.1) is 13.2 Å². The van der Waals surface area contributed by atoms with Gasteiger partial charge in [-0.05, 0) is 49.2 Å². The molecule has 0 aliphatic heterocycles. The van der Waals surface area contributed by atoms with Gasteiger partial charge in [0.15, 0.2) is 0 Å². The zero-order valence-electron chi connectivity index (χ0n) is 22.7. The molecule has 0 fully saturated rings. The van der Waals surface area contributed by atoms with Crippen LogP contribution in [0.4, 0.5) is 18.9 Å². The fourth-order valence-corrected chi connectivity index (χ4v) is 3.93. The lowest BCUT2D eigenvalue weighted by molar-refractivity contribution is -0.274. The Labute approximate surface area is 239 Å². The maximum atomic E-state index is 13.1. The fraction of sp³-hybridized carbons (Fsp3) is 0.267. The number of rotatable bonds is 12. The second-order valence-electron chi connectivity index (χ2n) is 8.74. The van der Waals surface area contributed by atoms with Crippen LogP contribution in [0.5, 0.6) is 5.75 Å². The number of alkyl halides is 3. The first-order valence-corrected chi connectivity index (χ1v) is 12.8. The number of amides is 1. The van der Waals surface area contributed by atoms with Crippen LogP contribution in [0.1, 0.15) is 35.3 Å². The minimum Gasteiger partial charge on any atom is -0.465 e. The van der Waals surface area contributed by atoms with E-state index in [1.165, 1.54) is 54.6 Å². The summed E-state index contributed by atoms with van der Waals surface area (Å²) in [5.74, 6) is -4.11. The molecular formula is C30H28F3NO8. The number of hydrogen-bond acceptors (Lipinski definition) is 8. The first-order chi connectivity index (χ1) is 20.0. The Morgan fingerprint density at radius 2 is 1.31 bits per heavy atom. The highest BCUT2D eigenvalue weighted by Crippen LogP contribution is 2.30. The molecule has 0 unspecified atom stereocenters. The number of carbonyl (C=O) groups excluding carboxylic acids is 4. The summed E-state index contributed by atoms with van der Waals surface area (Å²) in [5, 5.41) is 2.47. The maximum absolute atomic E-state index is 13.1. The third-order valence-corrected chi connectivity index (χ3v) is 5.88. The second-order valence-corrected chi connectivity index (χ2v) is 8.74. The number of halogens is 3. The van der Waals surface area contributed by atoms with E-state index in [0.29, 0.717) is 5.56 Å². The minimum absolute atomic E-state index is 0.0232. The molecule has 12 heteroatoms. The molecule has 1 amide bonds. The van der Waals surface area contributed by atoms with Crippen molar-refractivity contribution in [1.29, 1.82) is 0 Å². The molecular weight excluding hydrogens is 559 g/mol. The van der Waals surface area contributed by atoms with E-state index in [4.69, 9.17) is 14.2 Å². The molecule has 0 saturated heterocycles. The topological polar surface area (TPSA) is 117 Å². The van der Waals surface area contributed by atoms with E-state index in [0.717, 1.165) is 6.07 Å². The highest BCUT2D eigenvalue weighted by Gasteiger charge is 2.52. The van der Waals surface area contributed by atoms with Gasteiger partial charge in [0.05, 0.1) is 25.2 Å². The number of ether oxygens (including phenoxy) is 4. The van der Waals surface area contributed by atoms with Crippen molar-refractivity contribution in [2.75, 3.05) is 25.1 Å². The monoisotopic (exact) mass is 587 g/mol. The van der Waals surface area contributed by atoms with E-state index in [-0.39, 0.29) is 36.4 Å². The molecule has 0 aliphatic rings. The largest absolute Gasteiger partial charge is 0.573 e. The molecule has 0 saturated carbocycles. The molecule has 3 aromatic carbocycles. The summed E-state index contributed by atoms with van der Waals surface area (Å²) in [6.07, 6.45) is -5.23. The molecule has 0 radical (unpaired) electrons. The van der Waals surface area contributed by atoms with Crippen LogP contribution < -0.4 is 10.1 Å². The van der Waals surface area contributed by atoms with E-state index >= 15 is 0 Å². The van der Waals surface area contributed by atoms with Crippen molar-refractivity contribution in [2.24, 2.45) is 0 Å². The fourth-order valence-electron chi connectivity index (χ4n) is 3.93. The molecule has 222 valence electrons. The summed E-state index contributed by atoms with van der Waals surface area (Å²) < 4.78 is 57.7.